The third-order valence-electron chi connectivity index (χ3n) is 9.58. The van der Waals surface area contributed by atoms with Crippen LogP contribution in [0.1, 0.15) is 51.0 Å². The predicted molar refractivity (Wildman–Crippen MR) is 212 cm³/mol. The lowest BCUT2D eigenvalue weighted by molar-refractivity contribution is -0.155. The highest BCUT2D eigenvalue weighted by atomic mass is 32.2. The molecule has 3 unspecified atom stereocenters. The fourth-order valence-corrected chi connectivity index (χ4v) is 6.77. The number of nitrogens with two attached hydrogens (primary N) is 3. The number of carbonyl (C=O) groups excluding carboxylic acids is 7. The summed E-state index contributed by atoms with van der Waals surface area (Å²) < 4.78 is 5.21. The van der Waals surface area contributed by atoms with Gasteiger partial charge in [0.2, 0.25) is 35.4 Å². The number of hydrogen-bond acceptors (Lipinski definition) is 14. The fourth-order valence-electron chi connectivity index (χ4n) is 6.30. The van der Waals surface area contributed by atoms with Crippen molar-refractivity contribution in [2.75, 3.05) is 31.7 Å². The molecule has 59 heavy (non-hydrogen) atoms. The van der Waals surface area contributed by atoms with Gasteiger partial charge in [0.25, 0.3) is 0 Å². The Balaban J connectivity index is 2.09. The highest BCUT2D eigenvalue weighted by Gasteiger charge is 2.40. The van der Waals surface area contributed by atoms with E-state index < -0.39 is 109 Å². The number of rotatable bonds is 11. The third-order valence-corrected chi connectivity index (χ3v) is 10.2. The fraction of sp³-hybridized carbons (Fsp3) is 0.583. The van der Waals surface area contributed by atoms with Gasteiger partial charge in [-0.2, -0.15) is 11.8 Å². The molecule has 0 spiro atoms. The Labute approximate surface area is 344 Å². The van der Waals surface area contributed by atoms with E-state index in [0.29, 0.717) is 17.7 Å². The summed E-state index contributed by atoms with van der Waals surface area (Å²) in [6, 6.07) is -4.51. The number of thioether (sulfide) groups is 1. The van der Waals surface area contributed by atoms with E-state index in [-0.39, 0.29) is 56.9 Å². The van der Waals surface area contributed by atoms with Gasteiger partial charge in [0, 0.05) is 19.5 Å². The first-order chi connectivity index (χ1) is 27.9. The molecule has 23 heteroatoms. The Morgan fingerprint density at radius 2 is 1.47 bits per heavy atom. The number of fused-ring (bicyclic) bond motifs is 1. The zero-order chi connectivity index (χ0) is 43.8. The van der Waals surface area contributed by atoms with Crippen molar-refractivity contribution < 1.29 is 58.4 Å². The standard InChI is InChI=1S/C36H54N10O12S/c1-18-28(37)33(54)42-22(11-14-59-2)30(51)41-21(5-3-12-40-36(38)39)29(50)43-23(15-19-7-9-20(48)10-8-19)34(55)46-13-4-6-26(46)32(53)45-25(17-47)31(52)44-24(35(56)57)16-27(49)58-18/h7-10,18,21-26,28,47-48H,3-6,11-17,37H2,1-2H3,(H,41,51)(H,42,54)(H,43,50)(H,44,52)(H,45,53)(H,56,57)(H4,38,39,40)/t18?,21?,22?,23-,24-,25-,26-,28-/m0/s1. The summed E-state index contributed by atoms with van der Waals surface area (Å²) in [4.78, 5) is 112. The number of hydrogen-bond donors (Lipinski definition) is 11. The first-order valence-corrected chi connectivity index (χ1v) is 20.3. The van der Waals surface area contributed by atoms with E-state index in [1.54, 1.807) is 6.26 Å². The molecule has 2 saturated heterocycles. The van der Waals surface area contributed by atoms with Crippen molar-refractivity contribution in [1.29, 1.82) is 0 Å². The molecule has 1 aromatic rings. The van der Waals surface area contributed by atoms with Gasteiger partial charge in [-0.25, -0.2) is 4.79 Å². The summed E-state index contributed by atoms with van der Waals surface area (Å²) in [5.41, 5.74) is 17.5. The minimum absolute atomic E-state index is 0.0408. The van der Waals surface area contributed by atoms with Crippen LogP contribution in [0, 0.1) is 0 Å². The third kappa shape index (κ3) is 14.6. The number of aliphatic imine (C=N–C) groups is 1. The minimum Gasteiger partial charge on any atom is -0.508 e. The van der Waals surface area contributed by atoms with Crippen LogP contribution in [-0.4, -0.2) is 154 Å². The van der Waals surface area contributed by atoms with E-state index in [4.69, 9.17) is 21.9 Å². The van der Waals surface area contributed by atoms with Gasteiger partial charge in [0.15, 0.2) is 5.96 Å². The Kier molecular flexibility index (Phi) is 18.6. The number of nitrogens with one attached hydrogen (secondary N) is 5. The molecule has 0 radical (unpaired) electrons. The van der Waals surface area contributed by atoms with E-state index in [2.05, 4.69) is 31.6 Å². The molecule has 2 heterocycles. The van der Waals surface area contributed by atoms with Crippen LogP contribution in [0.5, 0.6) is 5.75 Å². The number of aliphatic hydroxyl groups excluding tert-OH is 1. The number of phenols is 1. The van der Waals surface area contributed by atoms with Crippen molar-refractivity contribution in [2.24, 2.45) is 22.2 Å². The number of benzene rings is 1. The highest BCUT2D eigenvalue weighted by Crippen LogP contribution is 2.21. The van der Waals surface area contributed by atoms with Gasteiger partial charge in [0.05, 0.1) is 13.0 Å². The Morgan fingerprint density at radius 3 is 2.08 bits per heavy atom. The first kappa shape index (κ1) is 47.7. The SMILES string of the molecule is CSCCC1NC(=O)[C@@H](N)C(C)OC(=O)C[C@@H](C(=O)O)NC(=O)[C@H](CO)NC(=O)[C@@H]2CCCN2C(=O)[C@H](Cc2ccc(O)cc2)NC(=O)C(CCCN=C(N)N)NC1=O. The Hall–Kier alpha value is -5.68. The summed E-state index contributed by atoms with van der Waals surface area (Å²) in [5.74, 6) is -8.01. The van der Waals surface area contributed by atoms with Crippen molar-refractivity contribution >= 4 is 65.1 Å². The monoisotopic (exact) mass is 850 g/mol. The summed E-state index contributed by atoms with van der Waals surface area (Å²) in [5, 5.41) is 42.0. The molecule has 326 valence electrons. The van der Waals surface area contributed by atoms with Gasteiger partial charge < -0.3 is 68.7 Å². The number of nitrogens with zero attached hydrogens (tertiary/aromatic N) is 2. The van der Waals surface area contributed by atoms with Gasteiger partial charge in [-0.05, 0) is 68.7 Å². The van der Waals surface area contributed by atoms with Crippen molar-refractivity contribution in [2.45, 2.75) is 100 Å². The number of ether oxygens (including phenoxy) is 1. The number of carbonyl (C=O) groups is 8. The number of guanidine groups is 1. The molecule has 14 N–H and O–H groups in total. The summed E-state index contributed by atoms with van der Waals surface area (Å²) in [7, 11) is 0. The maximum Gasteiger partial charge on any atom is 0.326 e. The van der Waals surface area contributed by atoms with Crippen LogP contribution in [-0.2, 0) is 49.5 Å². The molecule has 3 rings (SSSR count). The number of aliphatic carboxylic acids is 1. The summed E-state index contributed by atoms with van der Waals surface area (Å²) in [6.45, 7) is 0.379. The molecule has 0 saturated carbocycles. The highest BCUT2D eigenvalue weighted by molar-refractivity contribution is 7.98. The number of esters is 1. The van der Waals surface area contributed by atoms with Gasteiger partial charge in [-0.1, -0.05) is 12.1 Å². The second kappa shape index (κ2) is 23.0. The summed E-state index contributed by atoms with van der Waals surface area (Å²) in [6.07, 6.45) is -0.0195. The second-order valence-corrected chi connectivity index (χ2v) is 15.0. The van der Waals surface area contributed by atoms with E-state index >= 15 is 0 Å². The maximum atomic E-state index is 14.4. The van der Waals surface area contributed by atoms with Gasteiger partial charge in [-0.15, -0.1) is 0 Å². The average molecular weight is 851 g/mol. The molecule has 8 atom stereocenters. The van der Waals surface area contributed by atoms with Gasteiger partial charge in [0.1, 0.15) is 54.1 Å². The zero-order valence-electron chi connectivity index (χ0n) is 32.8. The number of aromatic hydroxyl groups is 1. The van der Waals surface area contributed by atoms with Crippen LogP contribution in [0.25, 0.3) is 0 Å². The van der Waals surface area contributed by atoms with Crippen LogP contribution in [0.4, 0.5) is 0 Å². The molecular formula is C36H54N10O12S. The number of phenolic OH excluding ortho intramolecular Hbond substituents is 1. The molecule has 0 aromatic heterocycles. The number of cyclic esters (lactones) is 1. The van der Waals surface area contributed by atoms with E-state index in [9.17, 15) is 53.7 Å². The predicted octanol–water partition coefficient (Wildman–Crippen LogP) is -4.10. The topological polar surface area (TPSA) is 360 Å². The minimum atomic E-state index is -1.90. The van der Waals surface area contributed by atoms with Gasteiger partial charge >= 0.3 is 11.9 Å². The molecule has 2 aliphatic heterocycles. The van der Waals surface area contributed by atoms with Gasteiger partial charge in [-0.3, -0.25) is 38.6 Å². The molecule has 2 aliphatic rings. The first-order valence-electron chi connectivity index (χ1n) is 18.9. The van der Waals surface area contributed by atoms with Crippen molar-refractivity contribution in [3.05, 3.63) is 29.8 Å². The number of amides is 6. The van der Waals surface area contributed by atoms with Crippen molar-refractivity contribution in [1.82, 2.24) is 31.5 Å². The molecule has 1 aromatic carbocycles. The molecule has 22 nitrogen and oxygen atoms in total. The van der Waals surface area contributed by atoms with E-state index in [1.807, 2.05) is 0 Å². The van der Waals surface area contributed by atoms with Crippen LogP contribution in [0.15, 0.2) is 29.3 Å². The lowest BCUT2D eigenvalue weighted by atomic mass is 10.0. The number of carboxylic acid groups (broad SMARTS) is 1. The molecular weight excluding hydrogens is 797 g/mol. The normalized spacial score (nSPS) is 26.9. The average Bonchev–Trinajstić information content (AvgIpc) is 3.69. The van der Waals surface area contributed by atoms with Crippen LogP contribution in [0.3, 0.4) is 0 Å². The lowest BCUT2D eigenvalue weighted by Crippen LogP contribution is -2.60. The number of aliphatic hydroxyl groups is 1. The van der Waals surface area contributed by atoms with Crippen molar-refractivity contribution in [3.63, 3.8) is 0 Å². The lowest BCUT2D eigenvalue weighted by Gasteiger charge is -2.31. The molecule has 6 amide bonds. The smallest absolute Gasteiger partial charge is 0.326 e. The van der Waals surface area contributed by atoms with Crippen LogP contribution < -0.4 is 43.8 Å². The van der Waals surface area contributed by atoms with Crippen LogP contribution >= 0.6 is 11.8 Å². The zero-order valence-corrected chi connectivity index (χ0v) is 33.6. The maximum absolute atomic E-state index is 14.4. The summed E-state index contributed by atoms with van der Waals surface area (Å²) >= 11 is 1.36. The van der Waals surface area contributed by atoms with Crippen molar-refractivity contribution in [3.8, 4) is 5.75 Å². The molecule has 0 aliphatic carbocycles. The largest absolute Gasteiger partial charge is 0.508 e. The second-order valence-electron chi connectivity index (χ2n) is 14.0. The van der Waals surface area contributed by atoms with Crippen LogP contribution in [0.2, 0.25) is 0 Å². The molecule has 2 fully saturated rings. The molecule has 0 bridgehead atoms. The Bertz CT molecular complexity index is 1710. The quantitative estimate of drug-likeness (QED) is 0.0436. The number of carboxylic acids is 1. The van der Waals surface area contributed by atoms with E-state index in [0.717, 1.165) is 0 Å². The Morgan fingerprint density at radius 1 is 0.881 bits per heavy atom. The van der Waals surface area contributed by atoms with E-state index in [1.165, 1.54) is 47.9 Å².